The van der Waals surface area contributed by atoms with E-state index in [-0.39, 0.29) is 0 Å². The molecule has 3 heteroatoms. The summed E-state index contributed by atoms with van der Waals surface area (Å²) in [6, 6.07) is 6.17. The summed E-state index contributed by atoms with van der Waals surface area (Å²) in [4.78, 5) is 2.49. The van der Waals surface area contributed by atoms with Gasteiger partial charge in [-0.3, -0.25) is 0 Å². The molecule has 0 atom stereocenters. The molecule has 0 amide bonds. The number of nitrogen functional groups attached to an aromatic ring is 1. The van der Waals surface area contributed by atoms with Gasteiger partial charge in [0.2, 0.25) is 0 Å². The van der Waals surface area contributed by atoms with Gasteiger partial charge in [0.1, 0.15) is 5.75 Å². The Labute approximate surface area is 115 Å². The highest BCUT2D eigenvalue weighted by molar-refractivity contribution is 5.74. The van der Waals surface area contributed by atoms with Crippen LogP contribution in [0.2, 0.25) is 0 Å². The molecule has 1 aromatic rings. The molecule has 2 fully saturated rings. The van der Waals surface area contributed by atoms with E-state index in [1.54, 1.807) is 0 Å². The summed E-state index contributed by atoms with van der Waals surface area (Å²) in [6.07, 6.45) is 5.52. The molecule has 0 bridgehead atoms. The third-order valence-corrected chi connectivity index (χ3v) is 4.03. The van der Waals surface area contributed by atoms with E-state index in [4.69, 9.17) is 10.5 Å². The van der Waals surface area contributed by atoms with Gasteiger partial charge < -0.3 is 15.4 Å². The first-order chi connectivity index (χ1) is 9.28. The second kappa shape index (κ2) is 5.32. The molecule has 0 aliphatic heterocycles. The lowest BCUT2D eigenvalue weighted by Crippen LogP contribution is -2.28. The predicted octanol–water partition coefficient (Wildman–Crippen LogP) is 3.29. The average Bonchev–Trinajstić information content (AvgIpc) is 3.27. The molecule has 104 valence electrons. The number of anilines is 2. The van der Waals surface area contributed by atoms with Crippen LogP contribution >= 0.6 is 0 Å². The molecule has 2 saturated carbocycles. The first kappa shape index (κ1) is 12.6. The monoisotopic (exact) mass is 260 g/mol. The SMILES string of the molecule is CCOc1cccc(N(CC2CC2)CC2CC2)c1N. The van der Waals surface area contributed by atoms with Gasteiger partial charge >= 0.3 is 0 Å². The van der Waals surface area contributed by atoms with Gasteiger partial charge in [0, 0.05) is 13.1 Å². The summed E-state index contributed by atoms with van der Waals surface area (Å²) in [7, 11) is 0. The van der Waals surface area contributed by atoms with Crippen molar-refractivity contribution >= 4 is 11.4 Å². The summed E-state index contributed by atoms with van der Waals surface area (Å²) >= 11 is 0. The van der Waals surface area contributed by atoms with Crippen molar-refractivity contribution in [3.8, 4) is 5.75 Å². The van der Waals surface area contributed by atoms with Crippen molar-refractivity contribution in [2.45, 2.75) is 32.6 Å². The number of rotatable bonds is 7. The lowest BCUT2D eigenvalue weighted by molar-refractivity contribution is 0.342. The van der Waals surface area contributed by atoms with E-state index in [1.165, 1.54) is 31.4 Å². The fourth-order valence-electron chi connectivity index (χ4n) is 2.58. The van der Waals surface area contributed by atoms with Crippen molar-refractivity contribution in [3.05, 3.63) is 18.2 Å². The summed E-state index contributed by atoms with van der Waals surface area (Å²) < 4.78 is 5.62. The predicted molar refractivity (Wildman–Crippen MR) is 79.7 cm³/mol. The van der Waals surface area contributed by atoms with Gasteiger partial charge in [-0.2, -0.15) is 0 Å². The van der Waals surface area contributed by atoms with Crippen molar-refractivity contribution in [3.63, 3.8) is 0 Å². The van der Waals surface area contributed by atoms with Crippen LogP contribution in [0.3, 0.4) is 0 Å². The number of nitrogens with zero attached hydrogens (tertiary/aromatic N) is 1. The zero-order valence-corrected chi connectivity index (χ0v) is 11.8. The molecule has 19 heavy (non-hydrogen) atoms. The number of benzene rings is 1. The van der Waals surface area contributed by atoms with Gasteiger partial charge in [0.15, 0.2) is 0 Å². The van der Waals surface area contributed by atoms with Crippen LogP contribution in [0, 0.1) is 11.8 Å². The largest absolute Gasteiger partial charge is 0.492 e. The van der Waals surface area contributed by atoms with Crippen molar-refractivity contribution in [1.29, 1.82) is 0 Å². The Balaban J connectivity index is 1.80. The lowest BCUT2D eigenvalue weighted by Gasteiger charge is -2.27. The van der Waals surface area contributed by atoms with Gasteiger partial charge in [-0.05, 0) is 56.6 Å². The Kier molecular flexibility index (Phi) is 3.54. The van der Waals surface area contributed by atoms with Crippen LogP contribution in [-0.4, -0.2) is 19.7 Å². The van der Waals surface area contributed by atoms with Gasteiger partial charge in [0.05, 0.1) is 18.0 Å². The lowest BCUT2D eigenvalue weighted by atomic mass is 10.2. The molecule has 3 nitrogen and oxygen atoms in total. The smallest absolute Gasteiger partial charge is 0.144 e. The van der Waals surface area contributed by atoms with E-state index in [0.717, 1.165) is 36.4 Å². The second-order valence-corrected chi connectivity index (χ2v) is 5.91. The topological polar surface area (TPSA) is 38.5 Å². The molecule has 2 N–H and O–H groups in total. The van der Waals surface area contributed by atoms with Crippen LogP contribution in [-0.2, 0) is 0 Å². The van der Waals surface area contributed by atoms with Crippen LogP contribution in [0.5, 0.6) is 5.75 Å². The Bertz CT molecular complexity index is 424. The molecule has 0 saturated heterocycles. The number of ether oxygens (including phenoxy) is 1. The van der Waals surface area contributed by atoms with Crippen LogP contribution in [0.1, 0.15) is 32.6 Å². The average molecular weight is 260 g/mol. The fourth-order valence-corrected chi connectivity index (χ4v) is 2.58. The van der Waals surface area contributed by atoms with E-state index >= 15 is 0 Å². The molecule has 0 heterocycles. The van der Waals surface area contributed by atoms with E-state index in [9.17, 15) is 0 Å². The summed E-state index contributed by atoms with van der Waals surface area (Å²) in [6.45, 7) is 4.99. The number of para-hydroxylation sites is 1. The van der Waals surface area contributed by atoms with Crippen LogP contribution in [0.15, 0.2) is 18.2 Å². The standard InChI is InChI=1S/C16H24N2O/c1-2-19-15-5-3-4-14(16(15)17)18(10-12-6-7-12)11-13-8-9-13/h3-5,12-13H,2,6-11,17H2,1H3. The molecule has 0 radical (unpaired) electrons. The highest BCUT2D eigenvalue weighted by Crippen LogP contribution is 2.39. The molecule has 0 spiro atoms. The maximum atomic E-state index is 6.30. The minimum Gasteiger partial charge on any atom is -0.492 e. The summed E-state index contributed by atoms with van der Waals surface area (Å²) in [5.41, 5.74) is 8.28. The van der Waals surface area contributed by atoms with Gasteiger partial charge in [-0.15, -0.1) is 0 Å². The van der Waals surface area contributed by atoms with E-state index in [0.29, 0.717) is 6.61 Å². The van der Waals surface area contributed by atoms with E-state index in [2.05, 4.69) is 17.0 Å². The normalized spacial score (nSPS) is 18.4. The van der Waals surface area contributed by atoms with E-state index in [1.807, 2.05) is 13.0 Å². The zero-order valence-electron chi connectivity index (χ0n) is 11.8. The number of nitrogens with two attached hydrogens (primary N) is 1. The third-order valence-electron chi connectivity index (χ3n) is 4.03. The molecule has 2 aliphatic rings. The maximum absolute atomic E-state index is 6.30. The van der Waals surface area contributed by atoms with Gasteiger partial charge in [-0.1, -0.05) is 6.07 Å². The molecule has 0 unspecified atom stereocenters. The van der Waals surface area contributed by atoms with Crippen LogP contribution < -0.4 is 15.4 Å². The minimum atomic E-state index is 0.666. The van der Waals surface area contributed by atoms with E-state index < -0.39 is 0 Å². The highest BCUT2D eigenvalue weighted by Gasteiger charge is 2.30. The van der Waals surface area contributed by atoms with Gasteiger partial charge in [-0.25, -0.2) is 0 Å². The summed E-state index contributed by atoms with van der Waals surface area (Å²) in [5, 5.41) is 0. The second-order valence-electron chi connectivity index (χ2n) is 5.91. The first-order valence-electron chi connectivity index (χ1n) is 7.54. The highest BCUT2D eigenvalue weighted by atomic mass is 16.5. The molecule has 3 rings (SSSR count). The molecule has 0 aromatic heterocycles. The van der Waals surface area contributed by atoms with Gasteiger partial charge in [0.25, 0.3) is 0 Å². The molecular weight excluding hydrogens is 236 g/mol. The van der Waals surface area contributed by atoms with Crippen LogP contribution in [0.4, 0.5) is 11.4 Å². The van der Waals surface area contributed by atoms with Crippen molar-refractivity contribution < 1.29 is 4.74 Å². The Morgan fingerprint density at radius 3 is 2.32 bits per heavy atom. The fraction of sp³-hybridized carbons (Fsp3) is 0.625. The Hall–Kier alpha value is -1.38. The summed E-state index contributed by atoms with van der Waals surface area (Å²) in [5.74, 6) is 2.60. The maximum Gasteiger partial charge on any atom is 0.144 e. The minimum absolute atomic E-state index is 0.666. The molecule has 1 aromatic carbocycles. The Morgan fingerprint density at radius 2 is 1.79 bits per heavy atom. The van der Waals surface area contributed by atoms with Crippen molar-refractivity contribution in [2.24, 2.45) is 11.8 Å². The number of hydrogen-bond donors (Lipinski definition) is 1. The molecular formula is C16H24N2O. The third kappa shape index (κ3) is 3.14. The van der Waals surface area contributed by atoms with Crippen molar-refractivity contribution in [1.82, 2.24) is 0 Å². The first-order valence-corrected chi connectivity index (χ1v) is 7.54. The number of hydrogen-bond acceptors (Lipinski definition) is 3. The van der Waals surface area contributed by atoms with Crippen LogP contribution in [0.25, 0.3) is 0 Å². The zero-order chi connectivity index (χ0) is 13.2. The quantitative estimate of drug-likeness (QED) is 0.764. The Morgan fingerprint density at radius 1 is 1.16 bits per heavy atom. The van der Waals surface area contributed by atoms with Crippen molar-refractivity contribution in [2.75, 3.05) is 30.3 Å². The molecule has 2 aliphatic carbocycles.